The standard InChI is InChI=1S/C2H3N4O3P/c3-1-5-8-10(7)9-6-2-4/h5-6,10H. The van der Waals surface area contributed by atoms with Gasteiger partial charge in [-0.1, -0.05) is 0 Å². The number of nitrogens with zero attached hydrogens (tertiary/aromatic N) is 2. The van der Waals surface area contributed by atoms with Crippen LogP contribution in [0.5, 0.6) is 0 Å². The Morgan fingerprint density at radius 2 is 1.60 bits per heavy atom. The number of hydroxylamine groups is 2. The fourth-order valence-electron chi connectivity index (χ4n) is 0.150. The first-order valence-electron chi connectivity index (χ1n) is 1.97. The fourth-order valence-corrected chi connectivity index (χ4v) is 0.449. The molecule has 0 bridgehead atoms. The van der Waals surface area contributed by atoms with Crippen molar-refractivity contribution in [1.29, 1.82) is 10.5 Å². The monoisotopic (exact) mass is 162 g/mol. The molecule has 0 aromatic heterocycles. The second kappa shape index (κ2) is 5.86. The maximum Gasteiger partial charge on any atom is 0.362 e. The number of hydrogen-bond donors (Lipinski definition) is 2. The van der Waals surface area contributed by atoms with Crippen molar-refractivity contribution >= 4 is 8.25 Å². The Morgan fingerprint density at radius 3 is 1.90 bits per heavy atom. The van der Waals surface area contributed by atoms with Crippen LogP contribution >= 0.6 is 8.25 Å². The molecule has 0 fully saturated rings. The van der Waals surface area contributed by atoms with Crippen LogP contribution in [0, 0.1) is 22.9 Å². The van der Waals surface area contributed by atoms with Gasteiger partial charge in [0.05, 0.1) is 0 Å². The van der Waals surface area contributed by atoms with Gasteiger partial charge in [0.25, 0.3) is 0 Å². The van der Waals surface area contributed by atoms with Crippen molar-refractivity contribution in [2.24, 2.45) is 0 Å². The lowest BCUT2D eigenvalue weighted by Gasteiger charge is -1.96. The molecule has 0 saturated heterocycles. The minimum Gasteiger partial charge on any atom is -0.259 e. The summed E-state index contributed by atoms with van der Waals surface area (Å²) in [5.74, 6) is 0. The molecule has 0 saturated carbocycles. The van der Waals surface area contributed by atoms with Crippen LogP contribution in [0.1, 0.15) is 0 Å². The molecular weight excluding hydrogens is 159 g/mol. The van der Waals surface area contributed by atoms with Gasteiger partial charge in [-0.25, -0.2) is 0 Å². The van der Waals surface area contributed by atoms with E-state index in [9.17, 15) is 4.57 Å². The van der Waals surface area contributed by atoms with E-state index >= 15 is 0 Å². The second-order valence-electron chi connectivity index (χ2n) is 0.882. The summed E-state index contributed by atoms with van der Waals surface area (Å²) in [6, 6.07) is 0. The van der Waals surface area contributed by atoms with Gasteiger partial charge in [0, 0.05) is 0 Å². The zero-order chi connectivity index (χ0) is 7.82. The normalized spacial score (nSPS) is 7.90. The summed E-state index contributed by atoms with van der Waals surface area (Å²) in [6.45, 7) is 0. The number of nitriles is 2. The molecule has 0 unspecified atom stereocenters. The van der Waals surface area contributed by atoms with E-state index in [2.05, 4.69) is 9.25 Å². The molecule has 0 spiro atoms. The molecule has 7 nitrogen and oxygen atoms in total. The average molecular weight is 162 g/mol. The summed E-state index contributed by atoms with van der Waals surface area (Å²) in [7, 11) is -2.83. The van der Waals surface area contributed by atoms with Crippen LogP contribution in [0.15, 0.2) is 0 Å². The Balaban J connectivity index is 3.30. The molecule has 0 aliphatic rings. The van der Waals surface area contributed by atoms with Crippen molar-refractivity contribution in [3.8, 4) is 12.4 Å². The van der Waals surface area contributed by atoms with E-state index in [1.165, 1.54) is 12.4 Å². The third-order valence-electron chi connectivity index (χ3n) is 0.360. The molecule has 54 valence electrons. The molecule has 0 radical (unpaired) electrons. The van der Waals surface area contributed by atoms with E-state index in [0.29, 0.717) is 0 Å². The van der Waals surface area contributed by atoms with Crippen LogP contribution in [0.3, 0.4) is 0 Å². The topological polar surface area (TPSA) is 107 Å². The van der Waals surface area contributed by atoms with Crippen LogP contribution in [0.2, 0.25) is 0 Å². The minimum atomic E-state index is -2.83. The lowest BCUT2D eigenvalue weighted by Crippen LogP contribution is -2.05. The number of nitrogens with one attached hydrogen (secondary N) is 2. The van der Waals surface area contributed by atoms with E-state index in [-0.39, 0.29) is 0 Å². The Kier molecular flexibility index (Phi) is 5.12. The highest BCUT2D eigenvalue weighted by Gasteiger charge is 1.95. The fraction of sp³-hybridized carbons (Fsp3) is 0. The van der Waals surface area contributed by atoms with E-state index < -0.39 is 8.25 Å². The van der Waals surface area contributed by atoms with Gasteiger partial charge in [-0.05, 0) is 0 Å². The Labute approximate surface area is 57.0 Å². The number of hydrogen-bond acceptors (Lipinski definition) is 7. The summed E-state index contributed by atoms with van der Waals surface area (Å²) >= 11 is 0. The van der Waals surface area contributed by atoms with Gasteiger partial charge in [0.2, 0.25) is 12.4 Å². The average Bonchev–Trinajstić information content (AvgIpc) is 1.97. The predicted octanol–water partition coefficient (Wildman–Crippen LogP) is -0.619. The van der Waals surface area contributed by atoms with Crippen molar-refractivity contribution in [3.05, 3.63) is 0 Å². The van der Waals surface area contributed by atoms with E-state index in [0.717, 1.165) is 0 Å². The van der Waals surface area contributed by atoms with Crippen molar-refractivity contribution in [2.75, 3.05) is 0 Å². The van der Waals surface area contributed by atoms with Crippen molar-refractivity contribution in [1.82, 2.24) is 11.0 Å². The van der Waals surface area contributed by atoms with Crippen molar-refractivity contribution in [2.45, 2.75) is 0 Å². The maximum absolute atomic E-state index is 10.3. The van der Waals surface area contributed by atoms with E-state index in [1.54, 1.807) is 11.0 Å². The lowest BCUT2D eigenvalue weighted by molar-refractivity contribution is 0.162. The van der Waals surface area contributed by atoms with Gasteiger partial charge in [-0.3, -0.25) is 4.57 Å². The highest BCUT2D eigenvalue weighted by molar-refractivity contribution is 7.33. The van der Waals surface area contributed by atoms with Gasteiger partial charge in [0.15, 0.2) is 0 Å². The summed E-state index contributed by atoms with van der Waals surface area (Å²) in [6.07, 6.45) is 2.68. The van der Waals surface area contributed by atoms with E-state index in [4.69, 9.17) is 10.5 Å². The summed E-state index contributed by atoms with van der Waals surface area (Å²) in [5, 5.41) is 15.6. The second-order valence-corrected chi connectivity index (χ2v) is 1.79. The molecule has 0 aliphatic heterocycles. The van der Waals surface area contributed by atoms with Gasteiger partial charge in [-0.15, -0.1) is 0 Å². The highest BCUT2D eigenvalue weighted by atomic mass is 31.1. The molecule has 0 aromatic carbocycles. The number of rotatable bonds is 4. The summed E-state index contributed by atoms with van der Waals surface area (Å²) in [4.78, 5) is 0. The molecular formula is C2H3N4O3P. The van der Waals surface area contributed by atoms with E-state index in [1.807, 2.05) is 0 Å². The van der Waals surface area contributed by atoms with Gasteiger partial charge >= 0.3 is 8.25 Å². The lowest BCUT2D eigenvalue weighted by atomic mass is 11.5. The van der Waals surface area contributed by atoms with Crippen molar-refractivity contribution < 1.29 is 13.8 Å². The Morgan fingerprint density at radius 1 is 1.20 bits per heavy atom. The maximum atomic E-state index is 10.3. The molecule has 0 atom stereocenters. The molecule has 8 heteroatoms. The molecule has 0 aromatic rings. The Hall–Kier alpha value is -1.27. The Bertz CT molecular complexity index is 172. The quantitative estimate of drug-likeness (QED) is 0.245. The highest BCUT2D eigenvalue weighted by Crippen LogP contribution is 2.18. The van der Waals surface area contributed by atoms with Gasteiger partial charge in [-0.2, -0.15) is 30.7 Å². The van der Waals surface area contributed by atoms with Crippen LogP contribution in [0.4, 0.5) is 0 Å². The van der Waals surface area contributed by atoms with Crippen LogP contribution in [0.25, 0.3) is 0 Å². The zero-order valence-electron chi connectivity index (χ0n) is 4.62. The summed E-state index contributed by atoms with van der Waals surface area (Å²) < 4.78 is 18.3. The molecule has 2 N–H and O–H groups in total. The third-order valence-corrected chi connectivity index (χ3v) is 0.897. The van der Waals surface area contributed by atoms with Crippen LogP contribution in [-0.4, -0.2) is 0 Å². The van der Waals surface area contributed by atoms with Gasteiger partial charge in [0.1, 0.15) is 0 Å². The predicted molar refractivity (Wildman–Crippen MR) is 28.7 cm³/mol. The SMILES string of the molecule is N#CNO[PH](=O)ONC#N. The van der Waals surface area contributed by atoms with Crippen molar-refractivity contribution in [3.63, 3.8) is 0 Å². The first-order chi connectivity index (χ1) is 4.81. The first kappa shape index (κ1) is 8.73. The third kappa shape index (κ3) is 4.88. The summed E-state index contributed by atoms with van der Waals surface area (Å²) in [5.41, 5.74) is 3.24. The smallest absolute Gasteiger partial charge is 0.259 e. The molecule has 0 aliphatic carbocycles. The van der Waals surface area contributed by atoms with Crippen LogP contribution < -0.4 is 11.0 Å². The van der Waals surface area contributed by atoms with Crippen LogP contribution in [-0.2, 0) is 13.8 Å². The molecule has 10 heavy (non-hydrogen) atoms. The zero-order valence-corrected chi connectivity index (χ0v) is 5.62. The largest absolute Gasteiger partial charge is 0.362 e. The minimum absolute atomic E-state index is 1.34. The molecule has 0 amide bonds. The molecule has 0 rings (SSSR count). The molecule has 0 heterocycles. The first-order valence-corrected chi connectivity index (χ1v) is 3.19. The van der Waals surface area contributed by atoms with Gasteiger partial charge < -0.3 is 0 Å².